The van der Waals surface area contributed by atoms with Gasteiger partial charge in [-0.2, -0.15) is 0 Å². The van der Waals surface area contributed by atoms with Gasteiger partial charge in [-0.15, -0.1) is 6.58 Å². The lowest BCUT2D eigenvalue weighted by molar-refractivity contribution is -0.134. The van der Waals surface area contributed by atoms with Crippen molar-refractivity contribution in [2.45, 2.75) is 44.1 Å². The topological polar surface area (TPSA) is 35.6 Å². The SMILES string of the molecule is C=CCN1CCN(C(=O)CC2(NC)CCCCC2)CC1. The predicted octanol–water partition coefficient (Wildman–Crippen LogP) is 1.63. The minimum absolute atomic E-state index is 0.0631. The third-order valence-corrected chi connectivity index (χ3v) is 4.94. The Morgan fingerprint density at radius 3 is 2.40 bits per heavy atom. The first-order valence-electron chi connectivity index (χ1n) is 7.99. The molecule has 2 fully saturated rings. The zero-order valence-electron chi connectivity index (χ0n) is 12.9. The molecule has 0 bridgehead atoms. The van der Waals surface area contributed by atoms with Gasteiger partial charge in [0.05, 0.1) is 0 Å². The van der Waals surface area contributed by atoms with E-state index in [1.165, 1.54) is 19.3 Å². The molecule has 1 aliphatic heterocycles. The minimum Gasteiger partial charge on any atom is -0.340 e. The quantitative estimate of drug-likeness (QED) is 0.777. The van der Waals surface area contributed by atoms with Crippen LogP contribution in [0.4, 0.5) is 0 Å². The normalized spacial score (nSPS) is 23.6. The third-order valence-electron chi connectivity index (χ3n) is 4.94. The second-order valence-electron chi connectivity index (χ2n) is 6.24. The van der Waals surface area contributed by atoms with Crippen molar-refractivity contribution in [1.29, 1.82) is 0 Å². The molecule has 4 nitrogen and oxygen atoms in total. The molecular formula is C16H29N3O. The number of carbonyl (C=O) groups excluding carboxylic acids is 1. The van der Waals surface area contributed by atoms with E-state index in [1.807, 2.05) is 18.0 Å². The van der Waals surface area contributed by atoms with Gasteiger partial charge in [0.25, 0.3) is 0 Å². The first-order chi connectivity index (χ1) is 9.69. The van der Waals surface area contributed by atoms with E-state index in [0.717, 1.165) is 45.6 Å². The van der Waals surface area contributed by atoms with Crippen molar-refractivity contribution in [3.8, 4) is 0 Å². The molecule has 0 aromatic carbocycles. The van der Waals surface area contributed by atoms with E-state index in [2.05, 4.69) is 16.8 Å². The van der Waals surface area contributed by atoms with E-state index in [-0.39, 0.29) is 5.54 Å². The fraction of sp³-hybridized carbons (Fsp3) is 0.812. The summed E-state index contributed by atoms with van der Waals surface area (Å²) in [6.45, 7) is 8.40. The number of hydrogen-bond acceptors (Lipinski definition) is 3. The van der Waals surface area contributed by atoms with Gasteiger partial charge in [0.2, 0.25) is 5.91 Å². The van der Waals surface area contributed by atoms with Crippen LogP contribution in [0.3, 0.4) is 0 Å². The summed E-state index contributed by atoms with van der Waals surface area (Å²) in [7, 11) is 2.01. The molecule has 2 rings (SSSR count). The highest BCUT2D eigenvalue weighted by Crippen LogP contribution is 2.31. The lowest BCUT2D eigenvalue weighted by atomic mass is 9.79. The number of carbonyl (C=O) groups is 1. The van der Waals surface area contributed by atoms with Gasteiger partial charge in [0.15, 0.2) is 0 Å². The average Bonchev–Trinajstić information content (AvgIpc) is 2.49. The number of nitrogens with one attached hydrogen (secondary N) is 1. The molecule has 0 spiro atoms. The van der Waals surface area contributed by atoms with Crippen molar-refractivity contribution in [2.24, 2.45) is 0 Å². The molecule has 4 heteroatoms. The zero-order chi connectivity index (χ0) is 14.4. The first kappa shape index (κ1) is 15.5. The highest BCUT2D eigenvalue weighted by atomic mass is 16.2. The fourth-order valence-corrected chi connectivity index (χ4v) is 3.51. The van der Waals surface area contributed by atoms with Crippen LogP contribution < -0.4 is 5.32 Å². The Bertz CT molecular complexity index is 329. The molecule has 1 N–H and O–H groups in total. The molecule has 1 amide bonds. The Kier molecular flexibility index (Phi) is 5.61. The van der Waals surface area contributed by atoms with Crippen molar-refractivity contribution in [3.05, 3.63) is 12.7 Å². The van der Waals surface area contributed by atoms with Crippen LogP contribution in [-0.2, 0) is 4.79 Å². The summed E-state index contributed by atoms with van der Waals surface area (Å²) >= 11 is 0. The standard InChI is InChI=1S/C16H29N3O/c1-3-9-18-10-12-19(13-11-18)15(20)14-16(17-2)7-5-4-6-8-16/h3,17H,1,4-14H2,2H3. The summed E-state index contributed by atoms with van der Waals surface area (Å²) in [5.74, 6) is 0.333. The molecule has 0 atom stereocenters. The molecule has 114 valence electrons. The zero-order valence-corrected chi connectivity index (χ0v) is 12.9. The monoisotopic (exact) mass is 279 g/mol. The second kappa shape index (κ2) is 7.23. The summed E-state index contributed by atoms with van der Waals surface area (Å²) in [6.07, 6.45) is 8.72. The van der Waals surface area contributed by atoms with Crippen LogP contribution in [0.5, 0.6) is 0 Å². The van der Waals surface area contributed by atoms with Crippen molar-refractivity contribution in [3.63, 3.8) is 0 Å². The molecule has 0 aromatic rings. The third kappa shape index (κ3) is 3.83. The molecular weight excluding hydrogens is 250 g/mol. The molecule has 1 heterocycles. The van der Waals surface area contributed by atoms with Gasteiger partial charge >= 0.3 is 0 Å². The highest BCUT2D eigenvalue weighted by Gasteiger charge is 2.34. The van der Waals surface area contributed by atoms with Crippen LogP contribution in [0.2, 0.25) is 0 Å². The number of amides is 1. The summed E-state index contributed by atoms with van der Waals surface area (Å²) in [6, 6.07) is 0. The second-order valence-corrected chi connectivity index (χ2v) is 6.24. The summed E-state index contributed by atoms with van der Waals surface area (Å²) in [5.41, 5.74) is 0.0631. The average molecular weight is 279 g/mol. The Hall–Kier alpha value is -0.870. The Labute approximate surface area is 123 Å². The number of piperazine rings is 1. The van der Waals surface area contributed by atoms with Crippen LogP contribution in [0.1, 0.15) is 38.5 Å². The van der Waals surface area contributed by atoms with Gasteiger partial charge < -0.3 is 10.2 Å². The molecule has 1 aliphatic carbocycles. The fourth-order valence-electron chi connectivity index (χ4n) is 3.51. The summed E-state index contributed by atoms with van der Waals surface area (Å²) < 4.78 is 0. The van der Waals surface area contributed by atoms with Gasteiger partial charge in [-0.1, -0.05) is 25.3 Å². The smallest absolute Gasteiger partial charge is 0.224 e. The lowest BCUT2D eigenvalue weighted by Gasteiger charge is -2.40. The summed E-state index contributed by atoms with van der Waals surface area (Å²) in [4.78, 5) is 16.9. The van der Waals surface area contributed by atoms with Crippen LogP contribution in [0.15, 0.2) is 12.7 Å². The molecule has 0 radical (unpaired) electrons. The van der Waals surface area contributed by atoms with Crippen molar-refractivity contribution >= 4 is 5.91 Å². The van der Waals surface area contributed by atoms with Crippen LogP contribution in [0, 0.1) is 0 Å². The molecule has 1 saturated carbocycles. The lowest BCUT2D eigenvalue weighted by Crippen LogP contribution is -2.53. The van der Waals surface area contributed by atoms with Gasteiger partial charge in [-0.3, -0.25) is 9.69 Å². The molecule has 1 saturated heterocycles. The molecule has 0 unspecified atom stereocenters. The Morgan fingerprint density at radius 1 is 1.20 bits per heavy atom. The van der Waals surface area contributed by atoms with E-state index < -0.39 is 0 Å². The van der Waals surface area contributed by atoms with Crippen LogP contribution in [0.25, 0.3) is 0 Å². The van der Waals surface area contributed by atoms with Crippen molar-refractivity contribution < 1.29 is 4.79 Å². The number of hydrogen-bond donors (Lipinski definition) is 1. The van der Waals surface area contributed by atoms with Gasteiger partial charge in [0.1, 0.15) is 0 Å². The van der Waals surface area contributed by atoms with Gasteiger partial charge in [0, 0.05) is 44.7 Å². The maximum absolute atomic E-state index is 12.5. The molecule has 20 heavy (non-hydrogen) atoms. The van der Waals surface area contributed by atoms with Gasteiger partial charge in [-0.05, 0) is 19.9 Å². The van der Waals surface area contributed by atoms with Crippen molar-refractivity contribution in [1.82, 2.24) is 15.1 Å². The maximum Gasteiger partial charge on any atom is 0.224 e. The summed E-state index contributed by atoms with van der Waals surface area (Å²) in [5, 5.41) is 3.45. The predicted molar refractivity (Wildman–Crippen MR) is 82.7 cm³/mol. The largest absolute Gasteiger partial charge is 0.340 e. The van der Waals surface area contributed by atoms with Crippen molar-refractivity contribution in [2.75, 3.05) is 39.8 Å². The highest BCUT2D eigenvalue weighted by molar-refractivity contribution is 5.77. The number of nitrogens with zero attached hydrogens (tertiary/aromatic N) is 2. The minimum atomic E-state index is 0.0631. The van der Waals surface area contributed by atoms with E-state index in [4.69, 9.17) is 0 Å². The van der Waals surface area contributed by atoms with E-state index in [9.17, 15) is 4.79 Å². The molecule has 0 aromatic heterocycles. The van der Waals surface area contributed by atoms with E-state index in [1.54, 1.807) is 0 Å². The Balaban J connectivity index is 1.84. The maximum atomic E-state index is 12.5. The molecule has 2 aliphatic rings. The number of rotatable bonds is 5. The van der Waals surface area contributed by atoms with Crippen LogP contribution in [-0.4, -0.2) is 61.0 Å². The Morgan fingerprint density at radius 2 is 1.85 bits per heavy atom. The van der Waals surface area contributed by atoms with E-state index >= 15 is 0 Å². The van der Waals surface area contributed by atoms with Gasteiger partial charge in [-0.25, -0.2) is 0 Å². The van der Waals surface area contributed by atoms with Crippen LogP contribution >= 0.6 is 0 Å². The first-order valence-corrected chi connectivity index (χ1v) is 7.99. The van der Waals surface area contributed by atoms with E-state index in [0.29, 0.717) is 12.3 Å².